The monoisotopic (exact) mass is 417 g/mol. The van der Waals surface area contributed by atoms with Crippen molar-refractivity contribution in [3.63, 3.8) is 0 Å². The summed E-state index contributed by atoms with van der Waals surface area (Å²) in [6.07, 6.45) is 5.46. The molecule has 4 nitrogen and oxygen atoms in total. The summed E-state index contributed by atoms with van der Waals surface area (Å²) in [6.45, 7) is 0.885. The number of halogens is 3. The minimum atomic E-state index is -0.416. The molecule has 1 fully saturated rings. The van der Waals surface area contributed by atoms with Gasteiger partial charge in [0.2, 0.25) is 0 Å². The van der Waals surface area contributed by atoms with Crippen molar-refractivity contribution >= 4 is 29.1 Å². The number of amides is 1. The third kappa shape index (κ3) is 4.21. The predicted octanol–water partition coefficient (Wildman–Crippen LogP) is 5.18. The lowest BCUT2D eigenvalue weighted by Crippen LogP contribution is -2.33. The number of carbonyl (C=O) groups excluding carboxylic acids is 1. The fourth-order valence-corrected chi connectivity index (χ4v) is 3.63. The topological polar surface area (TPSA) is 38.1 Å². The molecule has 2 aromatic carbocycles. The average Bonchev–Trinajstić information content (AvgIpc) is 3.42. The highest BCUT2D eigenvalue weighted by atomic mass is 35.5. The second kappa shape index (κ2) is 7.94. The first-order valence-electron chi connectivity index (χ1n) is 9.02. The number of carbonyl (C=O) groups is 1. The number of imidazole rings is 1. The molecule has 1 amide bonds. The molecule has 0 spiro atoms. The zero-order chi connectivity index (χ0) is 19.7. The zero-order valence-electron chi connectivity index (χ0n) is 15.0. The fraction of sp³-hybridized carbons (Fsp3) is 0.238. The maximum atomic E-state index is 13.5. The summed E-state index contributed by atoms with van der Waals surface area (Å²) in [5.74, 6) is 0.157. The van der Waals surface area contributed by atoms with Crippen LogP contribution in [0.3, 0.4) is 0 Å². The number of aromatic nitrogens is 2. The number of hydrogen-bond acceptors (Lipinski definition) is 2. The van der Waals surface area contributed by atoms with Gasteiger partial charge in [0.15, 0.2) is 0 Å². The van der Waals surface area contributed by atoms with Crippen LogP contribution in [0.5, 0.6) is 0 Å². The summed E-state index contributed by atoms with van der Waals surface area (Å²) < 4.78 is 15.5. The van der Waals surface area contributed by atoms with Gasteiger partial charge in [-0.1, -0.05) is 35.3 Å². The first-order chi connectivity index (χ1) is 13.5. The molecule has 1 saturated carbocycles. The van der Waals surface area contributed by atoms with E-state index in [1.807, 2.05) is 16.8 Å². The van der Waals surface area contributed by atoms with Crippen LogP contribution in [-0.4, -0.2) is 26.4 Å². The van der Waals surface area contributed by atoms with E-state index in [4.69, 9.17) is 23.2 Å². The highest BCUT2D eigenvalue weighted by Crippen LogP contribution is 2.30. The molecule has 3 aromatic rings. The molecular formula is C21H18Cl2FN3O. The van der Waals surface area contributed by atoms with Crippen LogP contribution in [0.15, 0.2) is 54.9 Å². The molecular weight excluding hydrogens is 400 g/mol. The molecule has 7 heteroatoms. The Bertz CT molecular complexity index is 1020. The van der Waals surface area contributed by atoms with Crippen molar-refractivity contribution < 1.29 is 9.18 Å². The third-order valence-electron chi connectivity index (χ3n) is 4.79. The Balaban J connectivity index is 1.56. The Hall–Kier alpha value is -2.37. The lowest BCUT2D eigenvalue weighted by Gasteiger charge is -2.23. The van der Waals surface area contributed by atoms with Crippen LogP contribution >= 0.6 is 23.2 Å². The summed E-state index contributed by atoms with van der Waals surface area (Å²) in [5.41, 5.74) is 1.27. The van der Waals surface area contributed by atoms with Gasteiger partial charge in [0.05, 0.1) is 13.1 Å². The average molecular weight is 418 g/mol. The standard InChI is InChI=1S/C21H18Cl2FN3O/c22-16-5-4-15(19(23)11-16)12-26-9-8-25-20(26)13-27(18-6-7-18)21(28)14-2-1-3-17(24)10-14/h1-5,8-11,18H,6-7,12-13H2. The normalized spacial score (nSPS) is 13.5. The van der Waals surface area contributed by atoms with Gasteiger partial charge in [-0.15, -0.1) is 0 Å². The van der Waals surface area contributed by atoms with E-state index >= 15 is 0 Å². The molecule has 0 N–H and O–H groups in total. The minimum absolute atomic E-state index is 0.167. The van der Waals surface area contributed by atoms with Crippen LogP contribution in [-0.2, 0) is 13.1 Å². The van der Waals surface area contributed by atoms with E-state index in [0.717, 1.165) is 24.2 Å². The van der Waals surface area contributed by atoms with Gasteiger partial charge in [-0.2, -0.15) is 0 Å². The molecule has 1 aromatic heterocycles. The summed E-state index contributed by atoms with van der Waals surface area (Å²) >= 11 is 12.3. The first-order valence-corrected chi connectivity index (χ1v) is 9.77. The molecule has 0 aliphatic heterocycles. The summed E-state index contributed by atoms with van der Waals surface area (Å²) in [6, 6.07) is 11.4. The van der Waals surface area contributed by atoms with Crippen molar-refractivity contribution in [1.82, 2.24) is 14.5 Å². The molecule has 0 bridgehead atoms. The van der Waals surface area contributed by atoms with Crippen molar-refractivity contribution in [2.45, 2.75) is 32.0 Å². The molecule has 28 heavy (non-hydrogen) atoms. The van der Waals surface area contributed by atoms with Gasteiger partial charge in [0.1, 0.15) is 11.6 Å². The van der Waals surface area contributed by atoms with Crippen molar-refractivity contribution in [1.29, 1.82) is 0 Å². The molecule has 1 aliphatic rings. The Morgan fingerprint density at radius 3 is 2.75 bits per heavy atom. The van der Waals surface area contributed by atoms with Crippen molar-refractivity contribution in [3.05, 3.63) is 87.7 Å². The van der Waals surface area contributed by atoms with Crippen LogP contribution in [0.25, 0.3) is 0 Å². The smallest absolute Gasteiger partial charge is 0.254 e. The summed E-state index contributed by atoms with van der Waals surface area (Å²) in [7, 11) is 0. The highest BCUT2D eigenvalue weighted by Gasteiger charge is 2.34. The molecule has 0 unspecified atom stereocenters. The van der Waals surface area contributed by atoms with Gasteiger partial charge >= 0.3 is 0 Å². The SMILES string of the molecule is O=C(c1cccc(F)c1)N(Cc1nccn1Cc1ccc(Cl)cc1Cl)C1CC1. The van der Waals surface area contributed by atoms with Crippen LogP contribution in [0.1, 0.15) is 34.6 Å². The number of rotatable bonds is 6. The Kier molecular flexibility index (Phi) is 5.38. The maximum absolute atomic E-state index is 13.5. The van der Waals surface area contributed by atoms with E-state index in [-0.39, 0.29) is 11.9 Å². The Morgan fingerprint density at radius 2 is 2.04 bits per heavy atom. The molecule has 1 aliphatic carbocycles. The largest absolute Gasteiger partial charge is 0.329 e. The molecule has 0 saturated heterocycles. The van der Waals surface area contributed by atoms with Gasteiger partial charge in [-0.3, -0.25) is 4.79 Å². The fourth-order valence-electron chi connectivity index (χ4n) is 3.16. The Morgan fingerprint density at radius 1 is 1.21 bits per heavy atom. The van der Waals surface area contributed by atoms with Crippen molar-refractivity contribution in [2.24, 2.45) is 0 Å². The quantitative estimate of drug-likeness (QED) is 0.553. The van der Waals surface area contributed by atoms with Crippen LogP contribution in [0.4, 0.5) is 4.39 Å². The summed E-state index contributed by atoms with van der Waals surface area (Å²) in [5, 5.41) is 1.17. The number of hydrogen-bond donors (Lipinski definition) is 0. The van der Waals surface area contributed by atoms with E-state index in [1.54, 1.807) is 35.4 Å². The van der Waals surface area contributed by atoms with Gasteiger partial charge in [0, 0.05) is 34.0 Å². The van der Waals surface area contributed by atoms with Gasteiger partial charge in [0.25, 0.3) is 5.91 Å². The lowest BCUT2D eigenvalue weighted by atomic mass is 10.2. The molecule has 1 heterocycles. The van der Waals surface area contributed by atoms with Crippen molar-refractivity contribution in [2.75, 3.05) is 0 Å². The Labute approximate surface area is 172 Å². The maximum Gasteiger partial charge on any atom is 0.254 e. The highest BCUT2D eigenvalue weighted by molar-refractivity contribution is 6.35. The van der Waals surface area contributed by atoms with E-state index in [1.165, 1.54) is 12.1 Å². The van der Waals surface area contributed by atoms with E-state index in [9.17, 15) is 9.18 Å². The van der Waals surface area contributed by atoms with Crippen LogP contribution < -0.4 is 0 Å². The van der Waals surface area contributed by atoms with E-state index < -0.39 is 5.82 Å². The van der Waals surface area contributed by atoms with Gasteiger partial charge < -0.3 is 9.47 Å². The van der Waals surface area contributed by atoms with Crippen LogP contribution in [0.2, 0.25) is 10.0 Å². The van der Waals surface area contributed by atoms with Gasteiger partial charge in [-0.05, 0) is 48.7 Å². The lowest BCUT2D eigenvalue weighted by molar-refractivity contribution is 0.0723. The molecule has 144 valence electrons. The number of nitrogens with zero attached hydrogens (tertiary/aromatic N) is 3. The molecule has 0 radical (unpaired) electrons. The molecule has 4 rings (SSSR count). The summed E-state index contributed by atoms with van der Waals surface area (Å²) in [4.78, 5) is 19.2. The van der Waals surface area contributed by atoms with Crippen LogP contribution in [0, 0.1) is 5.82 Å². The second-order valence-corrected chi connectivity index (χ2v) is 7.73. The zero-order valence-corrected chi connectivity index (χ0v) is 16.5. The predicted molar refractivity (Wildman–Crippen MR) is 107 cm³/mol. The van der Waals surface area contributed by atoms with Crippen molar-refractivity contribution in [3.8, 4) is 0 Å². The minimum Gasteiger partial charge on any atom is -0.329 e. The van der Waals surface area contributed by atoms with Gasteiger partial charge in [-0.25, -0.2) is 9.37 Å². The number of benzene rings is 2. The third-order valence-corrected chi connectivity index (χ3v) is 5.38. The molecule has 0 atom stereocenters. The van der Waals surface area contributed by atoms with E-state index in [0.29, 0.717) is 28.7 Å². The first kappa shape index (κ1) is 19.0. The second-order valence-electron chi connectivity index (χ2n) is 6.88. The van der Waals surface area contributed by atoms with E-state index in [2.05, 4.69) is 4.98 Å².